The number of hydrogen-bond acceptors (Lipinski definition) is 6. The van der Waals surface area contributed by atoms with Crippen LogP contribution in [0.3, 0.4) is 0 Å². The van der Waals surface area contributed by atoms with Crippen molar-refractivity contribution in [2.45, 2.75) is 11.8 Å². The fraction of sp³-hybridized carbons (Fsp3) is 0.300. The van der Waals surface area contributed by atoms with Crippen LogP contribution >= 0.6 is 0 Å². The number of aromatic amines is 1. The molecule has 1 unspecified atom stereocenters. The Balaban J connectivity index is 1.60. The first kappa shape index (κ1) is 18.9. The van der Waals surface area contributed by atoms with Gasteiger partial charge in [-0.2, -0.15) is 0 Å². The summed E-state index contributed by atoms with van der Waals surface area (Å²) in [5, 5.41) is 8.53. The van der Waals surface area contributed by atoms with E-state index >= 15 is 0 Å². The van der Waals surface area contributed by atoms with Crippen LogP contribution in [-0.2, 0) is 16.1 Å². The van der Waals surface area contributed by atoms with E-state index in [1.807, 2.05) is 53.7 Å². The van der Waals surface area contributed by atoms with Gasteiger partial charge in [0.1, 0.15) is 5.75 Å². The molecule has 0 amide bonds. The number of aromatic nitrogens is 3. The number of nitrogens with zero attached hydrogens (tertiary/aromatic N) is 3. The number of hydrogen-bond donors (Lipinski definition) is 1. The molecule has 3 aromatic rings. The molecule has 2 aromatic carbocycles. The second-order valence-corrected chi connectivity index (χ2v) is 7.98. The fourth-order valence-electron chi connectivity index (χ4n) is 3.06. The molecule has 0 radical (unpaired) electrons. The first-order chi connectivity index (χ1) is 13.7. The molecule has 0 aliphatic carbocycles. The van der Waals surface area contributed by atoms with Crippen molar-refractivity contribution in [2.24, 2.45) is 0 Å². The van der Waals surface area contributed by atoms with E-state index in [0.29, 0.717) is 38.0 Å². The SMILES string of the molecule is COc1ccc(-c2nnc(-c3ccc(C)c([S+]([O-])N4CCOCC4)c3)[nH]2)cc1. The Bertz CT molecular complexity index is 939. The molecule has 1 aliphatic heterocycles. The molecular weight excluding hydrogens is 376 g/mol. The van der Waals surface area contributed by atoms with Crippen molar-refractivity contribution in [1.82, 2.24) is 19.5 Å². The Labute approximate surface area is 167 Å². The van der Waals surface area contributed by atoms with Crippen molar-refractivity contribution < 1.29 is 14.0 Å². The van der Waals surface area contributed by atoms with Gasteiger partial charge in [-0.15, -0.1) is 14.5 Å². The van der Waals surface area contributed by atoms with Gasteiger partial charge in [0.2, 0.25) is 0 Å². The predicted molar refractivity (Wildman–Crippen MR) is 107 cm³/mol. The van der Waals surface area contributed by atoms with Crippen molar-refractivity contribution in [3.8, 4) is 28.5 Å². The van der Waals surface area contributed by atoms with Gasteiger partial charge in [0.25, 0.3) is 0 Å². The highest BCUT2D eigenvalue weighted by Crippen LogP contribution is 2.27. The van der Waals surface area contributed by atoms with E-state index in [1.165, 1.54) is 0 Å². The van der Waals surface area contributed by atoms with E-state index in [4.69, 9.17) is 9.47 Å². The first-order valence-electron chi connectivity index (χ1n) is 9.08. The van der Waals surface area contributed by atoms with Gasteiger partial charge in [0.15, 0.2) is 16.5 Å². The number of rotatable bonds is 5. The lowest BCUT2D eigenvalue weighted by atomic mass is 10.1. The largest absolute Gasteiger partial charge is 0.593 e. The molecule has 1 saturated heterocycles. The molecule has 8 heteroatoms. The van der Waals surface area contributed by atoms with Gasteiger partial charge in [-0.25, -0.2) is 0 Å². The molecule has 1 aliphatic rings. The molecule has 146 valence electrons. The number of nitrogens with one attached hydrogen (secondary N) is 1. The molecule has 0 spiro atoms. The molecule has 4 rings (SSSR count). The second kappa shape index (κ2) is 8.32. The van der Waals surface area contributed by atoms with Crippen molar-refractivity contribution in [2.75, 3.05) is 33.4 Å². The van der Waals surface area contributed by atoms with E-state index in [2.05, 4.69) is 15.2 Å². The van der Waals surface area contributed by atoms with Gasteiger partial charge in [-0.05, 0) is 31.2 Å². The summed E-state index contributed by atoms with van der Waals surface area (Å²) in [4.78, 5) is 4.05. The van der Waals surface area contributed by atoms with Crippen LogP contribution in [0, 0.1) is 6.92 Å². The quantitative estimate of drug-likeness (QED) is 0.665. The van der Waals surface area contributed by atoms with Crippen LogP contribution in [0.1, 0.15) is 5.56 Å². The van der Waals surface area contributed by atoms with Crippen molar-refractivity contribution in [3.05, 3.63) is 48.0 Å². The van der Waals surface area contributed by atoms with Crippen LogP contribution in [0.25, 0.3) is 22.8 Å². The maximum absolute atomic E-state index is 13.0. The lowest BCUT2D eigenvalue weighted by molar-refractivity contribution is 0.0730. The minimum Gasteiger partial charge on any atom is -0.593 e. The van der Waals surface area contributed by atoms with Gasteiger partial charge in [-0.3, -0.25) is 0 Å². The summed E-state index contributed by atoms with van der Waals surface area (Å²) in [7, 11) is 1.64. The summed E-state index contributed by atoms with van der Waals surface area (Å²) in [6, 6.07) is 13.5. The summed E-state index contributed by atoms with van der Waals surface area (Å²) in [6.45, 7) is 4.52. The lowest BCUT2D eigenvalue weighted by Gasteiger charge is -2.27. The molecule has 28 heavy (non-hydrogen) atoms. The number of methoxy groups -OCH3 is 1. The Kier molecular flexibility index (Phi) is 5.63. The Morgan fingerprint density at radius 1 is 1.04 bits per heavy atom. The number of morpholine rings is 1. The third-order valence-electron chi connectivity index (χ3n) is 4.70. The third-order valence-corrected chi connectivity index (χ3v) is 6.35. The average Bonchev–Trinajstić information content (AvgIpc) is 3.24. The lowest BCUT2D eigenvalue weighted by Crippen LogP contribution is -2.40. The van der Waals surface area contributed by atoms with Crippen LogP contribution in [0.5, 0.6) is 5.75 Å². The molecule has 7 nitrogen and oxygen atoms in total. The topological polar surface area (TPSA) is 86.3 Å². The molecule has 1 atom stereocenters. The van der Waals surface area contributed by atoms with E-state index in [1.54, 1.807) is 7.11 Å². The predicted octanol–water partition coefficient (Wildman–Crippen LogP) is 2.81. The van der Waals surface area contributed by atoms with Crippen LogP contribution < -0.4 is 4.74 Å². The van der Waals surface area contributed by atoms with Gasteiger partial charge in [0.05, 0.1) is 44.8 Å². The number of benzene rings is 2. The third kappa shape index (κ3) is 3.90. The summed E-state index contributed by atoms with van der Waals surface area (Å²) in [6.07, 6.45) is 0. The molecule has 1 N–H and O–H groups in total. The smallest absolute Gasteiger partial charge is 0.177 e. The standard InChI is InChI=1S/C20H22N4O3S/c1-14-3-4-16(13-18(14)28(25)24-9-11-27-12-10-24)20-21-19(22-23-20)15-5-7-17(26-2)8-6-15/h3-8,13H,9-12H2,1-2H3,(H,21,22,23). The zero-order valence-electron chi connectivity index (χ0n) is 15.8. The van der Waals surface area contributed by atoms with Gasteiger partial charge in [0, 0.05) is 22.8 Å². The maximum Gasteiger partial charge on any atom is 0.177 e. The minimum atomic E-state index is -1.22. The first-order valence-corrected chi connectivity index (χ1v) is 10.2. The van der Waals surface area contributed by atoms with E-state index in [9.17, 15) is 4.55 Å². The molecule has 1 aromatic heterocycles. The zero-order valence-corrected chi connectivity index (χ0v) is 16.7. The highest BCUT2D eigenvalue weighted by molar-refractivity contribution is 7.89. The zero-order chi connectivity index (χ0) is 19.5. The van der Waals surface area contributed by atoms with E-state index < -0.39 is 11.4 Å². The van der Waals surface area contributed by atoms with Gasteiger partial charge >= 0.3 is 0 Å². The average molecular weight is 398 g/mol. The summed E-state index contributed by atoms with van der Waals surface area (Å²) in [5.74, 6) is 2.11. The molecular formula is C20H22N4O3S. The normalized spacial score (nSPS) is 16.1. The number of ether oxygens (including phenoxy) is 2. The molecule has 0 saturated carbocycles. The monoisotopic (exact) mass is 398 g/mol. The van der Waals surface area contributed by atoms with Crippen molar-refractivity contribution in [3.63, 3.8) is 0 Å². The van der Waals surface area contributed by atoms with Crippen LogP contribution in [0.4, 0.5) is 0 Å². The maximum atomic E-state index is 13.0. The van der Waals surface area contributed by atoms with Crippen LogP contribution in [0.2, 0.25) is 0 Å². The Hall–Kier alpha value is -2.39. The van der Waals surface area contributed by atoms with Crippen LogP contribution in [-0.4, -0.2) is 57.5 Å². The summed E-state index contributed by atoms with van der Waals surface area (Å²) >= 11 is -1.22. The molecule has 0 bridgehead atoms. The Morgan fingerprint density at radius 2 is 1.68 bits per heavy atom. The van der Waals surface area contributed by atoms with E-state index in [-0.39, 0.29) is 0 Å². The van der Waals surface area contributed by atoms with Crippen molar-refractivity contribution in [1.29, 1.82) is 0 Å². The Morgan fingerprint density at radius 3 is 2.36 bits per heavy atom. The highest BCUT2D eigenvalue weighted by Gasteiger charge is 2.27. The number of H-pyrrole nitrogens is 1. The fourth-order valence-corrected chi connectivity index (χ4v) is 4.39. The summed E-state index contributed by atoms with van der Waals surface area (Å²) < 4.78 is 25.5. The second-order valence-electron chi connectivity index (χ2n) is 6.52. The summed E-state index contributed by atoms with van der Waals surface area (Å²) in [5.41, 5.74) is 2.77. The molecule has 1 fully saturated rings. The molecule has 2 heterocycles. The van der Waals surface area contributed by atoms with Crippen LogP contribution in [0.15, 0.2) is 47.4 Å². The number of aryl methyl sites for hydroxylation is 1. The van der Waals surface area contributed by atoms with Crippen molar-refractivity contribution >= 4 is 11.4 Å². The minimum absolute atomic E-state index is 0.609. The van der Waals surface area contributed by atoms with Gasteiger partial charge in [-0.1, -0.05) is 12.1 Å². The highest BCUT2D eigenvalue weighted by atomic mass is 32.2. The van der Waals surface area contributed by atoms with Gasteiger partial charge < -0.3 is 19.0 Å². The van der Waals surface area contributed by atoms with E-state index in [0.717, 1.165) is 27.3 Å².